The highest BCUT2D eigenvalue weighted by Crippen LogP contribution is 2.21. The van der Waals surface area contributed by atoms with Crippen LogP contribution in [0.2, 0.25) is 0 Å². The highest BCUT2D eigenvalue weighted by molar-refractivity contribution is 5.93. The van der Waals surface area contributed by atoms with Gasteiger partial charge in [-0.25, -0.2) is 9.97 Å². The average Bonchev–Trinajstić information content (AvgIpc) is 2.66. The summed E-state index contributed by atoms with van der Waals surface area (Å²) in [7, 11) is 0. The summed E-state index contributed by atoms with van der Waals surface area (Å²) >= 11 is 0. The SMILES string of the molecule is C=CCNC(=O)c1cc(N(CCC)CCC)nc(-c2ccccc2)n1. The van der Waals surface area contributed by atoms with E-state index >= 15 is 0 Å². The summed E-state index contributed by atoms with van der Waals surface area (Å²) in [6.45, 7) is 10.1. The predicted octanol–water partition coefficient (Wildman–Crippen LogP) is 3.69. The van der Waals surface area contributed by atoms with Crippen molar-refractivity contribution < 1.29 is 4.79 Å². The van der Waals surface area contributed by atoms with Crippen molar-refractivity contribution in [1.82, 2.24) is 15.3 Å². The lowest BCUT2D eigenvalue weighted by molar-refractivity contribution is 0.0953. The number of carbonyl (C=O) groups excluding carboxylic acids is 1. The van der Waals surface area contributed by atoms with Gasteiger partial charge in [0, 0.05) is 31.3 Å². The van der Waals surface area contributed by atoms with Crippen LogP contribution in [0.1, 0.15) is 37.2 Å². The molecule has 132 valence electrons. The molecule has 0 unspecified atom stereocenters. The number of rotatable bonds is 9. The number of amides is 1. The molecule has 0 bridgehead atoms. The fourth-order valence-electron chi connectivity index (χ4n) is 2.57. The summed E-state index contributed by atoms with van der Waals surface area (Å²) in [6, 6.07) is 11.5. The molecular weight excluding hydrogens is 312 g/mol. The third-order valence-corrected chi connectivity index (χ3v) is 3.70. The van der Waals surface area contributed by atoms with E-state index in [1.807, 2.05) is 30.3 Å². The number of hydrogen-bond acceptors (Lipinski definition) is 4. The number of aromatic nitrogens is 2. The number of nitrogens with one attached hydrogen (secondary N) is 1. The molecule has 2 rings (SSSR count). The molecule has 0 atom stereocenters. The van der Waals surface area contributed by atoms with Crippen LogP contribution in [0.15, 0.2) is 49.1 Å². The van der Waals surface area contributed by atoms with E-state index in [1.165, 1.54) is 0 Å². The number of hydrogen-bond donors (Lipinski definition) is 1. The van der Waals surface area contributed by atoms with Crippen LogP contribution in [0.4, 0.5) is 5.82 Å². The van der Waals surface area contributed by atoms with Crippen LogP contribution in [0.5, 0.6) is 0 Å². The average molecular weight is 338 g/mol. The maximum Gasteiger partial charge on any atom is 0.270 e. The van der Waals surface area contributed by atoms with Crippen LogP contribution < -0.4 is 10.2 Å². The number of benzene rings is 1. The zero-order chi connectivity index (χ0) is 18.1. The first-order valence-electron chi connectivity index (χ1n) is 8.78. The fraction of sp³-hybridized carbons (Fsp3) is 0.350. The van der Waals surface area contributed by atoms with Gasteiger partial charge in [-0.1, -0.05) is 50.3 Å². The van der Waals surface area contributed by atoms with E-state index in [0.717, 1.165) is 37.3 Å². The van der Waals surface area contributed by atoms with Crippen LogP contribution in [-0.4, -0.2) is 35.5 Å². The highest BCUT2D eigenvalue weighted by Gasteiger charge is 2.15. The molecule has 0 saturated heterocycles. The third kappa shape index (κ3) is 5.14. The second kappa shape index (κ2) is 9.57. The Morgan fingerprint density at radius 1 is 1.16 bits per heavy atom. The van der Waals surface area contributed by atoms with Gasteiger partial charge in [-0.05, 0) is 12.8 Å². The van der Waals surface area contributed by atoms with Crippen LogP contribution >= 0.6 is 0 Å². The quantitative estimate of drug-likeness (QED) is 0.709. The van der Waals surface area contributed by atoms with Gasteiger partial charge in [0.05, 0.1) is 0 Å². The lowest BCUT2D eigenvalue weighted by Crippen LogP contribution is -2.28. The van der Waals surface area contributed by atoms with E-state index in [-0.39, 0.29) is 5.91 Å². The lowest BCUT2D eigenvalue weighted by atomic mass is 10.2. The largest absolute Gasteiger partial charge is 0.357 e. The van der Waals surface area contributed by atoms with Crippen LogP contribution in [0.3, 0.4) is 0 Å². The van der Waals surface area contributed by atoms with Crippen molar-refractivity contribution in [3.05, 3.63) is 54.7 Å². The molecule has 25 heavy (non-hydrogen) atoms. The third-order valence-electron chi connectivity index (χ3n) is 3.70. The molecule has 0 fully saturated rings. The van der Waals surface area contributed by atoms with Crippen molar-refractivity contribution in [3.8, 4) is 11.4 Å². The molecule has 0 radical (unpaired) electrons. The van der Waals surface area contributed by atoms with Gasteiger partial charge in [-0.15, -0.1) is 6.58 Å². The molecule has 1 amide bonds. The molecule has 1 N–H and O–H groups in total. The van der Waals surface area contributed by atoms with Crippen molar-refractivity contribution in [3.63, 3.8) is 0 Å². The first-order chi connectivity index (χ1) is 12.2. The number of carbonyl (C=O) groups is 1. The molecule has 0 aliphatic heterocycles. The Morgan fingerprint density at radius 2 is 1.84 bits per heavy atom. The van der Waals surface area contributed by atoms with Gasteiger partial charge in [0.2, 0.25) is 0 Å². The molecule has 1 aromatic heterocycles. The topological polar surface area (TPSA) is 58.1 Å². The van der Waals surface area contributed by atoms with Gasteiger partial charge < -0.3 is 10.2 Å². The minimum Gasteiger partial charge on any atom is -0.357 e. The van der Waals surface area contributed by atoms with Crippen LogP contribution in [-0.2, 0) is 0 Å². The molecular formula is C20H26N4O. The van der Waals surface area contributed by atoms with Gasteiger partial charge in [0.25, 0.3) is 5.91 Å². The Morgan fingerprint density at radius 3 is 2.44 bits per heavy atom. The Labute approximate surface area is 149 Å². The Hall–Kier alpha value is -2.69. The summed E-state index contributed by atoms with van der Waals surface area (Å²) in [5, 5.41) is 2.79. The van der Waals surface area contributed by atoms with Gasteiger partial charge >= 0.3 is 0 Å². The minimum atomic E-state index is -0.214. The van der Waals surface area contributed by atoms with Gasteiger partial charge in [-0.2, -0.15) is 0 Å². The van der Waals surface area contributed by atoms with E-state index in [9.17, 15) is 4.79 Å². The highest BCUT2D eigenvalue weighted by atomic mass is 16.1. The molecule has 0 aliphatic rings. The van der Waals surface area contributed by atoms with E-state index < -0.39 is 0 Å². The molecule has 0 spiro atoms. The fourth-order valence-corrected chi connectivity index (χ4v) is 2.57. The van der Waals surface area contributed by atoms with Crippen LogP contribution in [0, 0.1) is 0 Å². The smallest absolute Gasteiger partial charge is 0.270 e. The van der Waals surface area contributed by atoms with Crippen molar-refractivity contribution in [2.24, 2.45) is 0 Å². The normalized spacial score (nSPS) is 10.3. The molecule has 0 saturated carbocycles. The second-order valence-electron chi connectivity index (χ2n) is 5.79. The van der Waals surface area contributed by atoms with Crippen LogP contribution in [0.25, 0.3) is 11.4 Å². The zero-order valence-electron chi connectivity index (χ0n) is 15.0. The molecule has 1 aromatic carbocycles. The maximum absolute atomic E-state index is 12.4. The summed E-state index contributed by atoms with van der Waals surface area (Å²) in [4.78, 5) is 23.8. The Bertz CT molecular complexity index is 694. The summed E-state index contributed by atoms with van der Waals surface area (Å²) in [5.74, 6) is 1.15. The summed E-state index contributed by atoms with van der Waals surface area (Å²) in [5.41, 5.74) is 1.28. The molecule has 5 heteroatoms. The van der Waals surface area contributed by atoms with E-state index in [4.69, 9.17) is 4.98 Å². The predicted molar refractivity (Wildman–Crippen MR) is 103 cm³/mol. The molecule has 5 nitrogen and oxygen atoms in total. The van der Waals surface area contributed by atoms with Gasteiger partial charge in [0.15, 0.2) is 5.82 Å². The van der Waals surface area contributed by atoms with Crippen molar-refractivity contribution in [1.29, 1.82) is 0 Å². The molecule has 0 aliphatic carbocycles. The first-order valence-corrected chi connectivity index (χ1v) is 8.78. The first kappa shape index (κ1) is 18.6. The van der Waals surface area contributed by atoms with Crippen molar-refractivity contribution in [2.75, 3.05) is 24.5 Å². The van der Waals surface area contributed by atoms with E-state index in [2.05, 4.69) is 35.6 Å². The van der Waals surface area contributed by atoms with Gasteiger partial charge in [0.1, 0.15) is 11.5 Å². The minimum absolute atomic E-state index is 0.214. The summed E-state index contributed by atoms with van der Waals surface area (Å²) in [6.07, 6.45) is 3.68. The number of anilines is 1. The molecule has 2 aromatic rings. The van der Waals surface area contributed by atoms with Crippen molar-refractivity contribution in [2.45, 2.75) is 26.7 Å². The van der Waals surface area contributed by atoms with E-state index in [1.54, 1.807) is 12.1 Å². The zero-order valence-corrected chi connectivity index (χ0v) is 15.0. The van der Waals surface area contributed by atoms with Crippen molar-refractivity contribution >= 4 is 11.7 Å². The summed E-state index contributed by atoms with van der Waals surface area (Å²) < 4.78 is 0. The monoisotopic (exact) mass is 338 g/mol. The standard InChI is InChI=1S/C20H26N4O/c1-4-12-21-20(25)17-15-18(24(13-5-2)14-6-3)23-19(22-17)16-10-8-7-9-11-16/h4,7-11,15H,1,5-6,12-14H2,2-3H3,(H,21,25). The lowest BCUT2D eigenvalue weighted by Gasteiger charge is -2.23. The maximum atomic E-state index is 12.4. The van der Waals surface area contributed by atoms with E-state index in [0.29, 0.717) is 18.1 Å². The number of nitrogens with zero attached hydrogens (tertiary/aromatic N) is 3. The molecule has 1 heterocycles. The Kier molecular flexibility index (Phi) is 7.14. The van der Waals surface area contributed by atoms with Gasteiger partial charge in [-0.3, -0.25) is 4.79 Å². The second-order valence-corrected chi connectivity index (χ2v) is 5.79. The Balaban J connectivity index is 2.46.